The molecule has 0 saturated heterocycles. The van der Waals surface area contributed by atoms with E-state index in [0.717, 1.165) is 40.0 Å². The second kappa shape index (κ2) is 8.89. The lowest BCUT2D eigenvalue weighted by Gasteiger charge is -2.10. The molecule has 0 fully saturated rings. The normalized spacial score (nSPS) is 11.4. The first-order chi connectivity index (χ1) is 16.6. The molecule has 1 amide bonds. The van der Waals surface area contributed by atoms with Gasteiger partial charge in [0.1, 0.15) is 29.7 Å². The van der Waals surface area contributed by atoms with Gasteiger partial charge in [0.05, 0.1) is 35.5 Å². The Morgan fingerprint density at radius 3 is 2.69 bits per heavy atom. The number of ether oxygens (including phenoxy) is 1. The molecule has 0 bridgehead atoms. The van der Waals surface area contributed by atoms with Crippen LogP contribution >= 0.6 is 0 Å². The molecule has 0 aliphatic heterocycles. The van der Waals surface area contributed by atoms with Gasteiger partial charge in [0.2, 0.25) is 5.91 Å². The Morgan fingerprint density at radius 2 is 2.00 bits per heavy atom. The van der Waals surface area contributed by atoms with Crippen LogP contribution in [0.5, 0.6) is 5.75 Å². The molecule has 4 aromatic rings. The Balaban J connectivity index is 1.61. The molecule has 35 heavy (non-hydrogen) atoms. The SMILES string of the molecule is COc1ccc(NC(=O)Cn2cnc3c(cnn3-c3cccc(C(F)(F)F)c3)c2=O)c([N+](=O)[O-])c1. The number of amides is 1. The maximum absolute atomic E-state index is 13.0. The molecule has 0 atom stereocenters. The Kier molecular flexibility index (Phi) is 5.94. The van der Waals surface area contributed by atoms with Gasteiger partial charge in [-0.05, 0) is 30.3 Å². The summed E-state index contributed by atoms with van der Waals surface area (Å²) in [5, 5.41) is 17.6. The van der Waals surface area contributed by atoms with Crippen molar-refractivity contribution in [1.82, 2.24) is 19.3 Å². The average Bonchev–Trinajstić information content (AvgIpc) is 3.25. The third-order valence-electron chi connectivity index (χ3n) is 4.96. The number of carbonyl (C=O) groups is 1. The van der Waals surface area contributed by atoms with Crippen molar-refractivity contribution in [3.8, 4) is 11.4 Å². The van der Waals surface area contributed by atoms with E-state index < -0.39 is 40.4 Å². The number of benzene rings is 2. The van der Waals surface area contributed by atoms with Gasteiger partial charge in [0.25, 0.3) is 11.2 Å². The van der Waals surface area contributed by atoms with Crippen LogP contribution in [-0.2, 0) is 17.5 Å². The average molecular weight is 488 g/mol. The summed E-state index contributed by atoms with van der Waals surface area (Å²) in [7, 11) is 1.34. The van der Waals surface area contributed by atoms with E-state index in [2.05, 4.69) is 15.4 Å². The van der Waals surface area contributed by atoms with Gasteiger partial charge in [0, 0.05) is 0 Å². The highest BCUT2D eigenvalue weighted by molar-refractivity contribution is 5.93. The second-order valence-corrected chi connectivity index (χ2v) is 7.21. The molecular weight excluding hydrogens is 473 g/mol. The van der Waals surface area contributed by atoms with E-state index in [4.69, 9.17) is 4.74 Å². The molecule has 2 aromatic heterocycles. The van der Waals surface area contributed by atoms with Crippen molar-refractivity contribution in [2.24, 2.45) is 0 Å². The zero-order chi connectivity index (χ0) is 25.3. The number of fused-ring (bicyclic) bond motifs is 1. The van der Waals surface area contributed by atoms with Crippen LogP contribution < -0.4 is 15.6 Å². The number of methoxy groups -OCH3 is 1. The zero-order valence-electron chi connectivity index (χ0n) is 17.8. The molecule has 2 aromatic carbocycles. The van der Waals surface area contributed by atoms with E-state index in [0.29, 0.717) is 0 Å². The number of rotatable bonds is 6. The fourth-order valence-corrected chi connectivity index (χ4v) is 3.30. The first-order valence-corrected chi connectivity index (χ1v) is 9.81. The van der Waals surface area contributed by atoms with Crippen LogP contribution in [-0.4, -0.2) is 37.3 Å². The molecule has 14 heteroatoms. The second-order valence-electron chi connectivity index (χ2n) is 7.21. The van der Waals surface area contributed by atoms with Crippen LogP contribution in [0.1, 0.15) is 5.56 Å². The fraction of sp³-hybridized carbons (Fsp3) is 0.143. The highest BCUT2D eigenvalue weighted by Gasteiger charge is 2.30. The molecule has 0 radical (unpaired) electrons. The highest BCUT2D eigenvalue weighted by atomic mass is 19.4. The van der Waals surface area contributed by atoms with Crippen LogP contribution in [0.15, 0.2) is 59.8 Å². The largest absolute Gasteiger partial charge is 0.496 e. The molecule has 1 N–H and O–H groups in total. The summed E-state index contributed by atoms with van der Waals surface area (Å²) in [4.78, 5) is 40.0. The van der Waals surface area contributed by atoms with Crippen molar-refractivity contribution in [1.29, 1.82) is 0 Å². The number of halogens is 3. The van der Waals surface area contributed by atoms with Crippen LogP contribution in [0.3, 0.4) is 0 Å². The monoisotopic (exact) mass is 488 g/mol. The summed E-state index contributed by atoms with van der Waals surface area (Å²) in [5.41, 5.74) is -2.02. The molecule has 0 spiro atoms. The number of nitro groups is 1. The number of nitrogens with one attached hydrogen (secondary N) is 1. The third kappa shape index (κ3) is 4.66. The predicted octanol–water partition coefficient (Wildman–Crippen LogP) is 3.16. The third-order valence-corrected chi connectivity index (χ3v) is 4.96. The van der Waals surface area contributed by atoms with Gasteiger partial charge in [-0.3, -0.25) is 24.3 Å². The first kappa shape index (κ1) is 23.4. The van der Waals surface area contributed by atoms with E-state index in [1.165, 1.54) is 31.4 Å². The minimum atomic E-state index is -4.56. The smallest absolute Gasteiger partial charge is 0.416 e. The Hall–Kier alpha value is -4.75. The van der Waals surface area contributed by atoms with E-state index in [9.17, 15) is 32.9 Å². The van der Waals surface area contributed by atoms with Gasteiger partial charge in [0.15, 0.2) is 5.65 Å². The van der Waals surface area contributed by atoms with Gasteiger partial charge >= 0.3 is 6.18 Å². The molecule has 180 valence electrons. The summed E-state index contributed by atoms with van der Waals surface area (Å²) in [6.07, 6.45) is -2.39. The number of nitrogens with zero attached hydrogens (tertiary/aromatic N) is 5. The molecule has 4 rings (SSSR count). The number of aromatic nitrogens is 4. The molecule has 2 heterocycles. The fourth-order valence-electron chi connectivity index (χ4n) is 3.30. The topological polar surface area (TPSA) is 134 Å². The number of carbonyl (C=O) groups excluding carboxylic acids is 1. The van der Waals surface area contributed by atoms with Crippen LogP contribution in [0.4, 0.5) is 24.5 Å². The molecule has 0 unspecified atom stereocenters. The van der Waals surface area contributed by atoms with Crippen molar-refractivity contribution >= 4 is 28.3 Å². The lowest BCUT2D eigenvalue weighted by molar-refractivity contribution is -0.384. The maximum Gasteiger partial charge on any atom is 0.416 e. The summed E-state index contributed by atoms with van der Waals surface area (Å²) < 4.78 is 46.1. The van der Waals surface area contributed by atoms with Gasteiger partial charge in [-0.15, -0.1) is 0 Å². The van der Waals surface area contributed by atoms with Crippen LogP contribution in [0, 0.1) is 10.1 Å². The van der Waals surface area contributed by atoms with Crippen LogP contribution in [0.25, 0.3) is 16.7 Å². The standard InChI is InChI=1S/C21H15F3N6O5/c1-35-14-5-6-16(17(8-14)30(33)34)27-18(31)10-28-11-25-19-15(20(28)32)9-26-29(19)13-4-2-3-12(7-13)21(22,23)24/h2-9,11H,10H2,1H3,(H,27,31). The van der Waals surface area contributed by atoms with Gasteiger partial charge in [-0.1, -0.05) is 6.07 Å². The quantitative estimate of drug-likeness (QED) is 0.325. The Bertz CT molecular complexity index is 1510. The van der Waals surface area contributed by atoms with Crippen LogP contribution in [0.2, 0.25) is 0 Å². The van der Waals surface area contributed by atoms with Crippen molar-refractivity contribution in [3.63, 3.8) is 0 Å². The number of nitro benzene ring substituents is 1. The first-order valence-electron chi connectivity index (χ1n) is 9.81. The summed E-state index contributed by atoms with van der Waals surface area (Å²) in [5.74, 6) is -0.523. The molecular formula is C21H15F3N6O5. The summed E-state index contributed by atoms with van der Waals surface area (Å²) in [6.45, 7) is -0.528. The summed E-state index contributed by atoms with van der Waals surface area (Å²) in [6, 6.07) is 8.20. The summed E-state index contributed by atoms with van der Waals surface area (Å²) >= 11 is 0. The van der Waals surface area contributed by atoms with E-state index in [1.54, 1.807) is 0 Å². The Labute approximate surface area is 193 Å². The minimum absolute atomic E-state index is 0.00299. The number of hydrogen-bond donors (Lipinski definition) is 1. The number of alkyl halides is 3. The molecule has 0 aliphatic rings. The van der Waals surface area contributed by atoms with Gasteiger partial charge < -0.3 is 10.1 Å². The lowest BCUT2D eigenvalue weighted by Crippen LogP contribution is -2.28. The van der Waals surface area contributed by atoms with E-state index in [-0.39, 0.29) is 28.2 Å². The highest BCUT2D eigenvalue weighted by Crippen LogP contribution is 2.31. The van der Waals surface area contributed by atoms with Crippen molar-refractivity contribution in [2.75, 3.05) is 12.4 Å². The minimum Gasteiger partial charge on any atom is -0.496 e. The maximum atomic E-state index is 13.0. The Morgan fingerprint density at radius 1 is 1.23 bits per heavy atom. The molecule has 0 saturated carbocycles. The van der Waals surface area contributed by atoms with Crippen molar-refractivity contribution < 1.29 is 27.6 Å². The number of anilines is 1. The van der Waals surface area contributed by atoms with E-state index >= 15 is 0 Å². The molecule has 0 aliphatic carbocycles. The molecule has 11 nitrogen and oxygen atoms in total. The van der Waals surface area contributed by atoms with Gasteiger partial charge in [-0.25, -0.2) is 9.67 Å². The zero-order valence-corrected chi connectivity index (χ0v) is 17.8. The lowest BCUT2D eigenvalue weighted by atomic mass is 10.2. The van der Waals surface area contributed by atoms with Gasteiger partial charge in [-0.2, -0.15) is 18.3 Å². The predicted molar refractivity (Wildman–Crippen MR) is 116 cm³/mol. The van der Waals surface area contributed by atoms with E-state index in [1.807, 2.05) is 0 Å². The van der Waals surface area contributed by atoms with Crippen molar-refractivity contribution in [2.45, 2.75) is 12.7 Å². The van der Waals surface area contributed by atoms with Crippen molar-refractivity contribution in [3.05, 3.63) is 81.0 Å². The number of hydrogen-bond acceptors (Lipinski definition) is 7.